The Hall–Kier alpha value is -1.55. The molecule has 3 aliphatic rings. The summed E-state index contributed by atoms with van der Waals surface area (Å²) in [5, 5.41) is 6.35. The SMILES string of the molecule is CNC(c1ccc2c(c1)C(=O)NCCO2)C1CC2CC2C1. The molecule has 0 spiro atoms. The minimum atomic E-state index is -0.0199. The van der Waals surface area contributed by atoms with Crippen LogP contribution in [0.2, 0.25) is 0 Å². The fraction of sp³-hybridized carbons (Fsp3) is 0.588. The molecule has 1 aliphatic heterocycles. The van der Waals surface area contributed by atoms with E-state index in [0.717, 1.165) is 11.8 Å². The Morgan fingerprint density at radius 3 is 2.86 bits per heavy atom. The molecular formula is C17H22N2O2. The van der Waals surface area contributed by atoms with Crippen LogP contribution in [0.3, 0.4) is 0 Å². The first-order valence-electron chi connectivity index (χ1n) is 7.98. The van der Waals surface area contributed by atoms with Crippen molar-refractivity contribution in [2.45, 2.75) is 25.3 Å². The highest BCUT2D eigenvalue weighted by molar-refractivity contribution is 5.97. The Labute approximate surface area is 125 Å². The highest BCUT2D eigenvalue weighted by Crippen LogP contribution is 2.57. The zero-order chi connectivity index (χ0) is 14.4. The minimum Gasteiger partial charge on any atom is -0.491 e. The summed E-state index contributed by atoms with van der Waals surface area (Å²) in [5.41, 5.74) is 1.89. The monoisotopic (exact) mass is 286 g/mol. The van der Waals surface area contributed by atoms with E-state index in [0.29, 0.717) is 36.4 Å². The van der Waals surface area contributed by atoms with Gasteiger partial charge in [0.2, 0.25) is 0 Å². The van der Waals surface area contributed by atoms with Gasteiger partial charge in [0.15, 0.2) is 0 Å². The number of amides is 1. The predicted octanol–water partition coefficient (Wildman–Crippen LogP) is 2.12. The predicted molar refractivity (Wildman–Crippen MR) is 80.4 cm³/mol. The molecule has 0 aromatic heterocycles. The first-order chi connectivity index (χ1) is 10.3. The molecule has 3 atom stereocenters. The molecule has 2 N–H and O–H groups in total. The number of rotatable bonds is 3. The van der Waals surface area contributed by atoms with Gasteiger partial charge < -0.3 is 15.4 Å². The van der Waals surface area contributed by atoms with E-state index < -0.39 is 0 Å². The molecule has 112 valence electrons. The molecular weight excluding hydrogens is 264 g/mol. The van der Waals surface area contributed by atoms with Gasteiger partial charge in [-0.05, 0) is 61.8 Å². The average Bonchev–Trinajstić information content (AvgIpc) is 3.16. The van der Waals surface area contributed by atoms with Crippen LogP contribution >= 0.6 is 0 Å². The van der Waals surface area contributed by atoms with Crippen LogP contribution in [0.1, 0.15) is 41.2 Å². The Kier molecular flexibility index (Phi) is 3.14. The van der Waals surface area contributed by atoms with Crippen LogP contribution in [0, 0.1) is 17.8 Å². The van der Waals surface area contributed by atoms with E-state index >= 15 is 0 Å². The van der Waals surface area contributed by atoms with E-state index in [1.807, 2.05) is 19.2 Å². The summed E-state index contributed by atoms with van der Waals surface area (Å²) in [5.74, 6) is 3.33. The Morgan fingerprint density at radius 1 is 1.29 bits per heavy atom. The van der Waals surface area contributed by atoms with Gasteiger partial charge in [-0.25, -0.2) is 0 Å². The lowest BCUT2D eigenvalue weighted by Crippen LogP contribution is -2.26. The number of benzene rings is 1. The maximum atomic E-state index is 12.1. The van der Waals surface area contributed by atoms with E-state index in [9.17, 15) is 4.79 Å². The normalized spacial score (nSPS) is 31.5. The lowest BCUT2D eigenvalue weighted by atomic mass is 9.88. The third-order valence-electron chi connectivity index (χ3n) is 5.31. The molecule has 2 saturated carbocycles. The average molecular weight is 286 g/mol. The molecule has 0 saturated heterocycles. The third-order valence-corrected chi connectivity index (χ3v) is 5.31. The van der Waals surface area contributed by atoms with Crippen LogP contribution in [0.15, 0.2) is 18.2 Å². The number of nitrogens with one attached hydrogen (secondary N) is 2. The zero-order valence-electron chi connectivity index (χ0n) is 12.4. The topological polar surface area (TPSA) is 50.4 Å². The molecule has 0 radical (unpaired) electrons. The number of hydrogen-bond donors (Lipinski definition) is 2. The van der Waals surface area contributed by atoms with Gasteiger partial charge in [-0.15, -0.1) is 0 Å². The van der Waals surface area contributed by atoms with Gasteiger partial charge >= 0.3 is 0 Å². The second-order valence-corrected chi connectivity index (χ2v) is 6.61. The second-order valence-electron chi connectivity index (χ2n) is 6.61. The number of carbonyl (C=O) groups is 1. The number of ether oxygens (including phenoxy) is 1. The summed E-state index contributed by atoms with van der Waals surface area (Å²) in [6, 6.07) is 6.43. The molecule has 2 fully saturated rings. The molecule has 1 amide bonds. The van der Waals surface area contributed by atoms with Gasteiger partial charge in [0.1, 0.15) is 12.4 Å². The molecule has 0 bridgehead atoms. The lowest BCUT2D eigenvalue weighted by molar-refractivity contribution is 0.0957. The van der Waals surface area contributed by atoms with Crippen LogP contribution in [-0.4, -0.2) is 26.1 Å². The smallest absolute Gasteiger partial charge is 0.255 e. The molecule has 21 heavy (non-hydrogen) atoms. The second kappa shape index (κ2) is 5.02. The van der Waals surface area contributed by atoms with Crippen molar-refractivity contribution in [1.29, 1.82) is 0 Å². The highest BCUT2D eigenvalue weighted by atomic mass is 16.5. The molecule has 3 unspecified atom stereocenters. The van der Waals surface area contributed by atoms with Crippen molar-refractivity contribution in [3.63, 3.8) is 0 Å². The Balaban J connectivity index is 1.63. The van der Waals surface area contributed by atoms with Crippen molar-refractivity contribution in [3.05, 3.63) is 29.3 Å². The number of fused-ring (bicyclic) bond motifs is 2. The quantitative estimate of drug-likeness (QED) is 0.895. The molecule has 1 aromatic rings. The van der Waals surface area contributed by atoms with Gasteiger partial charge in [0, 0.05) is 6.04 Å². The Bertz CT molecular complexity index is 562. The summed E-state index contributed by atoms with van der Waals surface area (Å²) in [6.07, 6.45) is 4.10. The lowest BCUT2D eigenvalue weighted by Gasteiger charge is -2.25. The summed E-state index contributed by atoms with van der Waals surface area (Å²) < 4.78 is 5.63. The summed E-state index contributed by atoms with van der Waals surface area (Å²) in [7, 11) is 2.02. The fourth-order valence-corrected chi connectivity index (χ4v) is 4.17. The van der Waals surface area contributed by atoms with Gasteiger partial charge in [-0.2, -0.15) is 0 Å². The molecule has 2 aliphatic carbocycles. The number of carbonyl (C=O) groups excluding carboxylic acids is 1. The van der Waals surface area contributed by atoms with E-state index in [-0.39, 0.29) is 5.91 Å². The van der Waals surface area contributed by atoms with Crippen molar-refractivity contribution < 1.29 is 9.53 Å². The van der Waals surface area contributed by atoms with Crippen molar-refractivity contribution in [3.8, 4) is 5.75 Å². The molecule has 1 heterocycles. The zero-order valence-corrected chi connectivity index (χ0v) is 12.4. The molecule has 4 nitrogen and oxygen atoms in total. The first kappa shape index (κ1) is 13.1. The van der Waals surface area contributed by atoms with Crippen molar-refractivity contribution in [2.24, 2.45) is 17.8 Å². The summed E-state index contributed by atoms with van der Waals surface area (Å²) in [4.78, 5) is 12.1. The van der Waals surface area contributed by atoms with E-state index in [4.69, 9.17) is 4.74 Å². The third kappa shape index (κ3) is 2.31. The minimum absolute atomic E-state index is 0.0199. The summed E-state index contributed by atoms with van der Waals surface area (Å²) >= 11 is 0. The van der Waals surface area contributed by atoms with Crippen LogP contribution in [0.5, 0.6) is 5.75 Å². The van der Waals surface area contributed by atoms with Crippen molar-refractivity contribution in [1.82, 2.24) is 10.6 Å². The number of hydrogen-bond acceptors (Lipinski definition) is 3. The molecule has 1 aromatic carbocycles. The fourth-order valence-electron chi connectivity index (χ4n) is 4.17. The van der Waals surface area contributed by atoms with Gasteiger partial charge in [-0.1, -0.05) is 6.07 Å². The van der Waals surface area contributed by atoms with E-state index in [1.165, 1.54) is 24.8 Å². The maximum absolute atomic E-state index is 12.1. The molecule has 4 rings (SSSR count). The van der Waals surface area contributed by atoms with Crippen molar-refractivity contribution >= 4 is 5.91 Å². The Morgan fingerprint density at radius 2 is 2.10 bits per heavy atom. The van der Waals surface area contributed by atoms with E-state index in [1.54, 1.807) is 0 Å². The summed E-state index contributed by atoms with van der Waals surface area (Å²) in [6.45, 7) is 1.11. The first-order valence-corrected chi connectivity index (χ1v) is 7.98. The molecule has 4 heteroatoms. The maximum Gasteiger partial charge on any atom is 0.255 e. The van der Waals surface area contributed by atoms with Crippen molar-refractivity contribution in [2.75, 3.05) is 20.2 Å². The van der Waals surface area contributed by atoms with Crippen LogP contribution in [0.4, 0.5) is 0 Å². The highest BCUT2D eigenvalue weighted by Gasteiger charge is 2.47. The largest absolute Gasteiger partial charge is 0.491 e. The standard InChI is InChI=1S/C17H22N2O2/c1-18-16(13-7-11-6-12(11)8-13)10-2-3-15-14(9-10)17(20)19-4-5-21-15/h2-3,9,11-13,16,18H,4-8H2,1H3,(H,19,20). The van der Waals surface area contributed by atoms with Crippen LogP contribution < -0.4 is 15.4 Å². The van der Waals surface area contributed by atoms with E-state index in [2.05, 4.69) is 16.7 Å². The van der Waals surface area contributed by atoms with Gasteiger partial charge in [0.05, 0.1) is 12.1 Å². The van der Waals surface area contributed by atoms with Gasteiger partial charge in [-0.3, -0.25) is 4.79 Å². The van der Waals surface area contributed by atoms with Crippen LogP contribution in [0.25, 0.3) is 0 Å². The van der Waals surface area contributed by atoms with Crippen LogP contribution in [-0.2, 0) is 0 Å². The van der Waals surface area contributed by atoms with Gasteiger partial charge in [0.25, 0.3) is 5.91 Å².